The summed E-state index contributed by atoms with van der Waals surface area (Å²) in [5.74, 6) is -2.31. The Hall–Kier alpha value is -3.48. The lowest BCUT2D eigenvalue weighted by atomic mass is 10.0. The van der Waals surface area contributed by atoms with Gasteiger partial charge in [0.2, 0.25) is 0 Å². The quantitative estimate of drug-likeness (QED) is 0.535. The highest BCUT2D eigenvalue weighted by Crippen LogP contribution is 2.26. The van der Waals surface area contributed by atoms with E-state index in [2.05, 4.69) is 5.32 Å². The number of benzene rings is 2. The molecule has 1 heterocycles. The summed E-state index contributed by atoms with van der Waals surface area (Å²) in [6.07, 6.45) is -0.204. The van der Waals surface area contributed by atoms with Gasteiger partial charge in [-0.3, -0.25) is 19.3 Å². The molecule has 3 amide bonds. The van der Waals surface area contributed by atoms with Crippen LogP contribution in [0.1, 0.15) is 46.5 Å². The number of nitrogens with zero attached hydrogens (tertiary/aromatic N) is 1. The molecule has 7 nitrogen and oxygen atoms in total. The highest BCUT2D eigenvalue weighted by atomic mass is 16.5. The maximum Gasteiger partial charge on any atom is 0.330 e. The fourth-order valence-electron chi connectivity index (χ4n) is 3.31. The molecule has 0 fully saturated rings. The van der Waals surface area contributed by atoms with Gasteiger partial charge in [0.15, 0.2) is 6.10 Å². The third-order valence-corrected chi connectivity index (χ3v) is 4.89. The number of hydrogen-bond donors (Lipinski definition) is 1. The number of carbonyl (C=O) groups is 4. The first-order chi connectivity index (χ1) is 14.4. The van der Waals surface area contributed by atoms with Crippen molar-refractivity contribution in [2.75, 3.05) is 6.54 Å². The normalized spacial score (nSPS) is 14.8. The van der Waals surface area contributed by atoms with E-state index in [0.717, 1.165) is 16.9 Å². The van der Waals surface area contributed by atoms with Gasteiger partial charge in [0.05, 0.1) is 11.1 Å². The second-order valence-corrected chi connectivity index (χ2v) is 7.10. The fraction of sp³-hybridized carbons (Fsp3) is 0.304. The summed E-state index contributed by atoms with van der Waals surface area (Å²) in [6, 6.07) is 14.3. The first-order valence-electron chi connectivity index (χ1n) is 9.93. The SMILES string of the molecule is CCCNC(=O)[C@H](C)OC(=O)[C@H](Cc1ccccc1)N1C(=O)c2ccccc2C1=O. The van der Waals surface area contributed by atoms with E-state index in [9.17, 15) is 19.2 Å². The maximum atomic E-state index is 13.0. The van der Waals surface area contributed by atoms with Crippen LogP contribution in [0.5, 0.6) is 0 Å². The van der Waals surface area contributed by atoms with Crippen molar-refractivity contribution in [1.82, 2.24) is 10.2 Å². The van der Waals surface area contributed by atoms with Crippen molar-refractivity contribution in [3.63, 3.8) is 0 Å². The van der Waals surface area contributed by atoms with Crippen molar-refractivity contribution in [3.05, 3.63) is 71.3 Å². The van der Waals surface area contributed by atoms with Gasteiger partial charge in [0.25, 0.3) is 17.7 Å². The van der Waals surface area contributed by atoms with Gasteiger partial charge >= 0.3 is 5.97 Å². The maximum absolute atomic E-state index is 13.0. The first kappa shape index (κ1) is 21.2. The van der Waals surface area contributed by atoms with Crippen molar-refractivity contribution in [2.24, 2.45) is 0 Å². The molecule has 1 N–H and O–H groups in total. The molecule has 0 aromatic heterocycles. The average Bonchev–Trinajstić information content (AvgIpc) is 3.01. The summed E-state index contributed by atoms with van der Waals surface area (Å²) >= 11 is 0. The van der Waals surface area contributed by atoms with E-state index in [1.165, 1.54) is 6.92 Å². The van der Waals surface area contributed by atoms with E-state index in [1.807, 2.05) is 13.0 Å². The summed E-state index contributed by atoms with van der Waals surface area (Å²) in [5.41, 5.74) is 1.27. The standard InChI is InChI=1S/C23H24N2O5/c1-3-13-24-20(26)15(2)30-23(29)19(14-16-9-5-4-6-10-16)25-21(27)17-11-7-8-12-18(17)22(25)28/h4-12,15,19H,3,13-14H2,1-2H3,(H,24,26)/t15-,19-/m0/s1. The Morgan fingerprint density at radius 1 is 0.967 bits per heavy atom. The molecule has 7 heteroatoms. The Labute approximate surface area is 175 Å². The van der Waals surface area contributed by atoms with Crippen LogP contribution in [0.4, 0.5) is 0 Å². The van der Waals surface area contributed by atoms with E-state index in [4.69, 9.17) is 4.74 Å². The lowest BCUT2D eigenvalue weighted by Crippen LogP contribution is -2.49. The smallest absolute Gasteiger partial charge is 0.330 e. The number of carbonyl (C=O) groups excluding carboxylic acids is 4. The molecule has 156 valence electrons. The van der Waals surface area contributed by atoms with Crippen molar-refractivity contribution in [1.29, 1.82) is 0 Å². The summed E-state index contributed by atoms with van der Waals surface area (Å²) in [6.45, 7) is 3.84. The highest BCUT2D eigenvalue weighted by molar-refractivity contribution is 6.22. The number of amides is 3. The van der Waals surface area contributed by atoms with Gasteiger partial charge in [-0.05, 0) is 31.0 Å². The highest BCUT2D eigenvalue weighted by Gasteiger charge is 2.43. The molecular weight excluding hydrogens is 384 g/mol. The Morgan fingerprint density at radius 2 is 1.53 bits per heavy atom. The van der Waals surface area contributed by atoms with Gasteiger partial charge in [0.1, 0.15) is 6.04 Å². The topological polar surface area (TPSA) is 92.8 Å². The number of esters is 1. The van der Waals surface area contributed by atoms with Crippen molar-refractivity contribution in [3.8, 4) is 0 Å². The zero-order valence-electron chi connectivity index (χ0n) is 17.0. The van der Waals surface area contributed by atoms with Crippen molar-refractivity contribution >= 4 is 23.7 Å². The minimum absolute atomic E-state index is 0.0917. The molecule has 1 aliphatic rings. The molecule has 2 atom stereocenters. The summed E-state index contributed by atoms with van der Waals surface area (Å²) < 4.78 is 5.35. The van der Waals surface area contributed by atoms with E-state index in [1.54, 1.807) is 48.5 Å². The largest absolute Gasteiger partial charge is 0.451 e. The minimum Gasteiger partial charge on any atom is -0.451 e. The van der Waals surface area contributed by atoms with Gasteiger partial charge in [-0.2, -0.15) is 0 Å². The van der Waals surface area contributed by atoms with Crippen molar-refractivity contribution in [2.45, 2.75) is 38.8 Å². The molecule has 3 rings (SSSR count). The summed E-state index contributed by atoms with van der Waals surface area (Å²) in [4.78, 5) is 51.9. The van der Waals surface area contributed by atoms with E-state index in [0.29, 0.717) is 6.54 Å². The van der Waals surface area contributed by atoms with E-state index < -0.39 is 35.8 Å². The number of imide groups is 1. The lowest BCUT2D eigenvalue weighted by molar-refractivity contribution is -0.158. The molecule has 30 heavy (non-hydrogen) atoms. The number of ether oxygens (including phenoxy) is 1. The number of hydrogen-bond acceptors (Lipinski definition) is 5. The molecule has 0 unspecified atom stereocenters. The predicted octanol–water partition coefficient (Wildman–Crippen LogP) is 2.35. The number of nitrogens with one attached hydrogen (secondary N) is 1. The third kappa shape index (κ3) is 4.40. The van der Waals surface area contributed by atoms with Crippen LogP contribution in [0.15, 0.2) is 54.6 Å². The van der Waals surface area contributed by atoms with Crippen LogP contribution >= 0.6 is 0 Å². The summed E-state index contributed by atoms with van der Waals surface area (Å²) in [5, 5.41) is 2.66. The van der Waals surface area contributed by atoms with Gasteiger partial charge in [-0.1, -0.05) is 49.4 Å². The number of fused-ring (bicyclic) bond motifs is 1. The molecule has 2 aromatic carbocycles. The second kappa shape index (κ2) is 9.35. The van der Waals surface area contributed by atoms with Crippen LogP contribution in [-0.2, 0) is 20.7 Å². The van der Waals surface area contributed by atoms with Crippen molar-refractivity contribution < 1.29 is 23.9 Å². The Kier molecular flexibility index (Phi) is 6.61. The van der Waals surface area contributed by atoms with Crippen LogP contribution in [0.25, 0.3) is 0 Å². The van der Waals surface area contributed by atoms with Crippen LogP contribution in [-0.4, -0.2) is 47.3 Å². The van der Waals surface area contributed by atoms with Crippen LogP contribution < -0.4 is 5.32 Å². The van der Waals surface area contributed by atoms with Crippen LogP contribution in [0, 0.1) is 0 Å². The van der Waals surface area contributed by atoms with Gasteiger partial charge in [0, 0.05) is 13.0 Å². The monoisotopic (exact) mass is 408 g/mol. The molecule has 0 aliphatic carbocycles. The fourth-order valence-corrected chi connectivity index (χ4v) is 3.31. The Morgan fingerprint density at radius 3 is 2.10 bits per heavy atom. The molecular formula is C23H24N2O5. The average molecular weight is 408 g/mol. The van der Waals surface area contributed by atoms with E-state index in [-0.39, 0.29) is 17.5 Å². The number of rotatable bonds is 8. The zero-order valence-corrected chi connectivity index (χ0v) is 17.0. The molecule has 1 aliphatic heterocycles. The minimum atomic E-state index is -1.18. The Bertz CT molecular complexity index is 922. The zero-order chi connectivity index (χ0) is 21.7. The van der Waals surface area contributed by atoms with E-state index >= 15 is 0 Å². The molecule has 0 saturated heterocycles. The van der Waals surface area contributed by atoms with Gasteiger partial charge in [-0.15, -0.1) is 0 Å². The predicted molar refractivity (Wildman–Crippen MR) is 110 cm³/mol. The van der Waals surface area contributed by atoms with Gasteiger partial charge < -0.3 is 10.1 Å². The third-order valence-electron chi connectivity index (χ3n) is 4.89. The molecule has 0 bridgehead atoms. The molecule has 0 radical (unpaired) electrons. The van der Waals surface area contributed by atoms with Gasteiger partial charge in [-0.25, -0.2) is 4.79 Å². The molecule has 0 spiro atoms. The molecule has 0 saturated carbocycles. The van der Waals surface area contributed by atoms with Crippen LogP contribution in [0.2, 0.25) is 0 Å². The second-order valence-electron chi connectivity index (χ2n) is 7.10. The lowest BCUT2D eigenvalue weighted by Gasteiger charge is -2.26. The van der Waals surface area contributed by atoms with Crippen LogP contribution in [0.3, 0.4) is 0 Å². The Balaban J connectivity index is 1.86. The molecule has 2 aromatic rings. The summed E-state index contributed by atoms with van der Waals surface area (Å²) in [7, 11) is 0. The first-order valence-corrected chi connectivity index (χ1v) is 9.93.